The van der Waals surface area contributed by atoms with Crippen molar-refractivity contribution >= 4 is 42.6 Å². The van der Waals surface area contributed by atoms with Crippen molar-refractivity contribution in [2.45, 2.75) is 23.7 Å². The number of nitrogens with one attached hydrogen (secondary N) is 1. The molecule has 7 heteroatoms. The van der Waals surface area contributed by atoms with E-state index in [1.807, 2.05) is 37.3 Å². The van der Waals surface area contributed by atoms with Gasteiger partial charge in [0.2, 0.25) is 5.91 Å². The Labute approximate surface area is 171 Å². The summed E-state index contributed by atoms with van der Waals surface area (Å²) in [6, 6.07) is 17.6. The first-order valence-corrected chi connectivity index (χ1v) is 11.1. The first-order valence-electron chi connectivity index (χ1n) is 8.86. The van der Waals surface area contributed by atoms with Gasteiger partial charge in [-0.05, 0) is 39.9 Å². The van der Waals surface area contributed by atoms with E-state index in [0.29, 0.717) is 23.1 Å². The zero-order chi connectivity index (χ0) is 19.9. The van der Waals surface area contributed by atoms with Gasteiger partial charge in [-0.2, -0.15) is 0 Å². The van der Waals surface area contributed by atoms with E-state index in [1.165, 1.54) is 6.07 Å². The lowest BCUT2D eigenvalue weighted by atomic mass is 9.79. The maximum atomic E-state index is 13.2. The Morgan fingerprint density at radius 2 is 1.82 bits per heavy atom. The molecule has 1 heterocycles. The van der Waals surface area contributed by atoms with Gasteiger partial charge in [-0.15, -0.1) is 0 Å². The van der Waals surface area contributed by atoms with E-state index in [9.17, 15) is 13.2 Å². The highest BCUT2D eigenvalue weighted by atomic mass is 79.9. The molecule has 1 unspecified atom stereocenters. The van der Waals surface area contributed by atoms with E-state index in [1.54, 1.807) is 24.3 Å². The fraction of sp³-hybridized carbons (Fsp3) is 0.190. The summed E-state index contributed by atoms with van der Waals surface area (Å²) in [5.74, 6) is 0.00171. The molecule has 0 saturated heterocycles. The molecule has 1 aliphatic rings. The molecule has 5 nitrogen and oxygen atoms in total. The molecular formula is C21H18BrNO4S. The Morgan fingerprint density at radius 1 is 1.11 bits per heavy atom. The van der Waals surface area contributed by atoms with Crippen molar-refractivity contribution in [3.63, 3.8) is 0 Å². The average molecular weight is 460 g/mol. The molecule has 28 heavy (non-hydrogen) atoms. The van der Waals surface area contributed by atoms with Crippen molar-refractivity contribution in [3.05, 3.63) is 70.7 Å². The molecule has 0 spiro atoms. The lowest BCUT2D eigenvalue weighted by Gasteiger charge is -2.25. The van der Waals surface area contributed by atoms with Gasteiger partial charge in [0.05, 0.1) is 9.37 Å². The second kappa shape index (κ2) is 6.90. The minimum atomic E-state index is -4.05. The van der Waals surface area contributed by atoms with E-state index in [4.69, 9.17) is 4.74 Å². The summed E-state index contributed by atoms with van der Waals surface area (Å²) in [4.78, 5) is 13.3. The standard InChI is InChI=1S/C21H18BrNO4S/c1-2-21(13-27-19-16(21)10-6-11-17(19)22)20(24)23-28(25,26)18-12-5-8-14-7-3-4-9-15(14)18/h3-12H,2,13H2,1H3,(H,23,24). The van der Waals surface area contributed by atoms with Gasteiger partial charge in [0.1, 0.15) is 17.8 Å². The van der Waals surface area contributed by atoms with Crippen LogP contribution in [0.15, 0.2) is 70.0 Å². The van der Waals surface area contributed by atoms with E-state index in [0.717, 1.165) is 9.86 Å². The third kappa shape index (κ3) is 2.89. The molecule has 0 saturated carbocycles. The monoisotopic (exact) mass is 459 g/mol. The van der Waals surface area contributed by atoms with Crippen molar-refractivity contribution in [2.75, 3.05) is 6.61 Å². The smallest absolute Gasteiger partial charge is 0.264 e. The zero-order valence-corrected chi connectivity index (χ0v) is 17.5. The van der Waals surface area contributed by atoms with Crippen LogP contribution in [0.4, 0.5) is 0 Å². The third-order valence-electron chi connectivity index (χ3n) is 5.25. The molecular weight excluding hydrogens is 442 g/mol. The summed E-state index contributed by atoms with van der Waals surface area (Å²) in [5.41, 5.74) is -0.369. The van der Waals surface area contributed by atoms with Crippen LogP contribution in [0.25, 0.3) is 10.8 Å². The Hall–Kier alpha value is -2.38. The van der Waals surface area contributed by atoms with Gasteiger partial charge in [-0.25, -0.2) is 13.1 Å². The highest BCUT2D eigenvalue weighted by molar-refractivity contribution is 9.10. The quantitative estimate of drug-likeness (QED) is 0.635. The zero-order valence-electron chi connectivity index (χ0n) is 15.1. The molecule has 1 aliphatic heterocycles. The van der Waals surface area contributed by atoms with E-state index < -0.39 is 21.3 Å². The maximum Gasteiger partial charge on any atom is 0.264 e. The van der Waals surface area contributed by atoms with Crippen molar-refractivity contribution in [1.82, 2.24) is 4.72 Å². The van der Waals surface area contributed by atoms with Crippen LogP contribution in [0.2, 0.25) is 0 Å². The predicted molar refractivity (Wildman–Crippen MR) is 111 cm³/mol. The maximum absolute atomic E-state index is 13.2. The van der Waals surface area contributed by atoms with Crippen LogP contribution >= 0.6 is 15.9 Å². The topological polar surface area (TPSA) is 72.5 Å². The molecule has 1 atom stereocenters. The van der Waals surface area contributed by atoms with Crippen LogP contribution in [0.1, 0.15) is 18.9 Å². The Bertz CT molecular complexity index is 1190. The Kier molecular flexibility index (Phi) is 4.67. The van der Waals surface area contributed by atoms with Crippen molar-refractivity contribution in [3.8, 4) is 5.75 Å². The molecule has 0 bridgehead atoms. The van der Waals surface area contributed by atoms with Crippen LogP contribution in [0.5, 0.6) is 5.75 Å². The number of amides is 1. The molecule has 3 aromatic rings. The van der Waals surface area contributed by atoms with E-state index >= 15 is 0 Å². The summed E-state index contributed by atoms with van der Waals surface area (Å²) in [6.07, 6.45) is 0.410. The summed E-state index contributed by atoms with van der Waals surface area (Å²) < 4.78 is 34.9. The first-order chi connectivity index (χ1) is 13.4. The number of sulfonamides is 1. The fourth-order valence-electron chi connectivity index (χ4n) is 3.65. The number of rotatable bonds is 4. The molecule has 0 fully saturated rings. The fourth-order valence-corrected chi connectivity index (χ4v) is 5.41. The lowest BCUT2D eigenvalue weighted by molar-refractivity contribution is -0.125. The van der Waals surface area contributed by atoms with Gasteiger partial charge in [0.25, 0.3) is 10.0 Å². The molecule has 3 aromatic carbocycles. The van der Waals surface area contributed by atoms with E-state index in [2.05, 4.69) is 20.7 Å². The minimum absolute atomic E-state index is 0.0820. The summed E-state index contributed by atoms with van der Waals surface area (Å²) >= 11 is 3.43. The van der Waals surface area contributed by atoms with Gasteiger partial charge in [-0.1, -0.05) is 55.5 Å². The highest BCUT2D eigenvalue weighted by Gasteiger charge is 2.47. The second-order valence-electron chi connectivity index (χ2n) is 6.75. The normalized spacial score (nSPS) is 18.5. The van der Waals surface area contributed by atoms with Crippen molar-refractivity contribution in [2.24, 2.45) is 0 Å². The summed E-state index contributed by atoms with van der Waals surface area (Å²) in [6.45, 7) is 1.95. The number of carbonyl (C=O) groups is 1. The van der Waals surface area contributed by atoms with E-state index in [-0.39, 0.29) is 11.5 Å². The number of hydrogen-bond acceptors (Lipinski definition) is 4. The Morgan fingerprint density at radius 3 is 2.61 bits per heavy atom. The molecule has 4 rings (SSSR count). The summed E-state index contributed by atoms with van der Waals surface area (Å²) in [7, 11) is -4.05. The van der Waals surface area contributed by atoms with Crippen LogP contribution in [-0.2, 0) is 20.2 Å². The minimum Gasteiger partial charge on any atom is -0.491 e. The first kappa shape index (κ1) is 19.0. The average Bonchev–Trinajstić information content (AvgIpc) is 3.08. The van der Waals surface area contributed by atoms with Crippen LogP contribution < -0.4 is 9.46 Å². The molecule has 1 amide bonds. The molecule has 0 radical (unpaired) electrons. The molecule has 0 aromatic heterocycles. The number of benzene rings is 3. The van der Waals surface area contributed by atoms with Gasteiger partial charge in [0, 0.05) is 10.9 Å². The third-order valence-corrected chi connectivity index (χ3v) is 7.26. The lowest BCUT2D eigenvalue weighted by Crippen LogP contribution is -2.47. The molecule has 144 valence electrons. The molecule has 0 aliphatic carbocycles. The largest absolute Gasteiger partial charge is 0.491 e. The van der Waals surface area contributed by atoms with Crippen molar-refractivity contribution in [1.29, 1.82) is 0 Å². The van der Waals surface area contributed by atoms with Gasteiger partial charge < -0.3 is 4.74 Å². The summed E-state index contributed by atoms with van der Waals surface area (Å²) in [5, 5.41) is 1.36. The number of ether oxygens (including phenoxy) is 1. The van der Waals surface area contributed by atoms with Crippen molar-refractivity contribution < 1.29 is 17.9 Å². The second-order valence-corrected chi connectivity index (χ2v) is 9.26. The van der Waals surface area contributed by atoms with Crippen LogP contribution in [0, 0.1) is 0 Å². The van der Waals surface area contributed by atoms with Crippen LogP contribution in [-0.4, -0.2) is 20.9 Å². The number of fused-ring (bicyclic) bond motifs is 2. The van der Waals surface area contributed by atoms with Gasteiger partial charge in [-0.3, -0.25) is 4.79 Å². The molecule has 1 N–H and O–H groups in total. The number of carbonyl (C=O) groups excluding carboxylic acids is 1. The van der Waals surface area contributed by atoms with Gasteiger partial charge in [0.15, 0.2) is 0 Å². The Balaban J connectivity index is 1.75. The highest BCUT2D eigenvalue weighted by Crippen LogP contribution is 2.45. The number of hydrogen-bond donors (Lipinski definition) is 1. The number of para-hydroxylation sites is 1. The van der Waals surface area contributed by atoms with Gasteiger partial charge >= 0.3 is 0 Å². The SMILES string of the molecule is CCC1(C(=O)NS(=O)(=O)c2cccc3ccccc23)COc2c(Br)cccc21. The predicted octanol–water partition coefficient (Wildman–Crippen LogP) is 4.15. The van der Waals surface area contributed by atoms with Crippen LogP contribution in [0.3, 0.4) is 0 Å². The number of halogens is 1.